The fourth-order valence-corrected chi connectivity index (χ4v) is 1.70. The Kier molecular flexibility index (Phi) is 2.92. The van der Waals surface area contributed by atoms with Gasteiger partial charge in [-0.15, -0.1) is 5.10 Å². The molecule has 20 heavy (non-hydrogen) atoms. The lowest BCUT2D eigenvalue weighted by atomic mass is 10.2. The molecular weight excluding hydrogens is 258 g/mol. The number of carbonyl (C=O) groups excluding carboxylic acids is 1. The third-order valence-corrected chi connectivity index (χ3v) is 2.67. The summed E-state index contributed by atoms with van der Waals surface area (Å²) in [4.78, 5) is 19.7. The van der Waals surface area contributed by atoms with E-state index in [1.54, 1.807) is 18.2 Å². The van der Waals surface area contributed by atoms with Crippen molar-refractivity contribution in [1.29, 1.82) is 0 Å². The summed E-state index contributed by atoms with van der Waals surface area (Å²) in [7, 11) is 0. The molecule has 3 rings (SSSR count). The first-order chi connectivity index (χ1) is 9.75. The molecule has 0 atom stereocenters. The predicted molar refractivity (Wildman–Crippen MR) is 68.5 cm³/mol. The molecule has 0 saturated heterocycles. The highest BCUT2D eigenvalue weighted by molar-refractivity contribution is 6.06. The number of phenolic OH excluding ortho intramolecular Hbond substituents is 1. The third-order valence-electron chi connectivity index (χ3n) is 2.67. The van der Waals surface area contributed by atoms with Gasteiger partial charge in [0.2, 0.25) is 5.78 Å². The lowest BCUT2D eigenvalue weighted by Gasteiger charge is -2.01. The zero-order chi connectivity index (χ0) is 13.9. The highest BCUT2D eigenvalue weighted by Gasteiger charge is 2.15. The van der Waals surface area contributed by atoms with Crippen LogP contribution in [0.3, 0.4) is 0 Å². The number of para-hydroxylation sites is 2. The number of carbonyl (C=O) groups is 1. The van der Waals surface area contributed by atoms with Gasteiger partial charge in [0, 0.05) is 6.20 Å². The first kappa shape index (κ1) is 12.0. The summed E-state index contributed by atoms with van der Waals surface area (Å²) >= 11 is 0. The van der Waals surface area contributed by atoms with Gasteiger partial charge < -0.3 is 5.11 Å². The standard InChI is InChI=1S/C13H9N5O2/c19-12-4-2-1-3-11(12)18-7-10(16-17-18)13(20)9-5-6-14-8-15-9/h1-8,19H. The van der Waals surface area contributed by atoms with E-state index in [1.807, 2.05) is 0 Å². The number of nitrogens with zero attached hydrogens (tertiary/aromatic N) is 5. The fraction of sp³-hybridized carbons (Fsp3) is 0. The zero-order valence-corrected chi connectivity index (χ0v) is 10.2. The van der Waals surface area contributed by atoms with Crippen molar-refractivity contribution in [3.05, 3.63) is 60.4 Å². The Hall–Kier alpha value is -3.09. The topological polar surface area (TPSA) is 93.8 Å². The van der Waals surface area contributed by atoms with Crippen molar-refractivity contribution in [1.82, 2.24) is 25.0 Å². The van der Waals surface area contributed by atoms with Crippen LogP contribution in [0, 0.1) is 0 Å². The average Bonchev–Trinajstić information content (AvgIpc) is 2.97. The van der Waals surface area contributed by atoms with Crippen LogP contribution >= 0.6 is 0 Å². The molecule has 0 saturated carbocycles. The molecule has 0 aliphatic rings. The maximum absolute atomic E-state index is 12.1. The number of rotatable bonds is 3. The molecule has 3 aromatic rings. The van der Waals surface area contributed by atoms with Crippen molar-refractivity contribution in [2.24, 2.45) is 0 Å². The second-order valence-electron chi connectivity index (χ2n) is 3.96. The molecule has 0 unspecified atom stereocenters. The van der Waals surface area contributed by atoms with Gasteiger partial charge in [0.1, 0.15) is 23.5 Å². The van der Waals surface area contributed by atoms with Crippen LogP contribution in [0.4, 0.5) is 0 Å². The summed E-state index contributed by atoms with van der Waals surface area (Å²) in [6.45, 7) is 0. The lowest BCUT2D eigenvalue weighted by molar-refractivity contribution is 0.102. The maximum Gasteiger partial charge on any atom is 0.233 e. The summed E-state index contributed by atoms with van der Waals surface area (Å²) in [5.74, 6) is -0.299. The Balaban J connectivity index is 1.95. The molecule has 2 heterocycles. The second-order valence-corrected chi connectivity index (χ2v) is 3.96. The smallest absolute Gasteiger partial charge is 0.233 e. The molecule has 0 aliphatic heterocycles. The molecule has 1 N–H and O–H groups in total. The van der Waals surface area contributed by atoms with Crippen LogP contribution in [-0.4, -0.2) is 35.9 Å². The van der Waals surface area contributed by atoms with E-state index in [2.05, 4.69) is 20.3 Å². The Labute approximate surface area is 113 Å². The number of ketones is 1. The Morgan fingerprint density at radius 1 is 1.15 bits per heavy atom. The molecule has 0 aliphatic carbocycles. The minimum absolute atomic E-state index is 0.0541. The quantitative estimate of drug-likeness (QED) is 0.711. The van der Waals surface area contributed by atoms with E-state index < -0.39 is 0 Å². The summed E-state index contributed by atoms with van der Waals surface area (Å²) in [5.41, 5.74) is 0.832. The van der Waals surface area contributed by atoms with E-state index in [1.165, 1.54) is 35.5 Å². The van der Waals surface area contributed by atoms with Crippen molar-refractivity contribution in [3.63, 3.8) is 0 Å². The first-order valence-corrected chi connectivity index (χ1v) is 5.77. The molecule has 1 aromatic carbocycles. The summed E-state index contributed by atoms with van der Waals surface area (Å²) in [5, 5.41) is 17.4. The summed E-state index contributed by atoms with van der Waals surface area (Å²) in [6.07, 6.45) is 4.22. The molecule has 0 spiro atoms. The molecule has 2 aromatic heterocycles. The van der Waals surface area contributed by atoms with Gasteiger partial charge in [0.05, 0.1) is 6.20 Å². The van der Waals surface area contributed by atoms with Gasteiger partial charge in [-0.25, -0.2) is 14.6 Å². The number of aromatic nitrogens is 5. The van der Waals surface area contributed by atoms with E-state index in [0.717, 1.165) is 0 Å². The average molecular weight is 267 g/mol. The van der Waals surface area contributed by atoms with Crippen molar-refractivity contribution in [3.8, 4) is 11.4 Å². The fourth-order valence-electron chi connectivity index (χ4n) is 1.70. The molecular formula is C13H9N5O2. The molecule has 0 radical (unpaired) electrons. The van der Waals surface area contributed by atoms with Gasteiger partial charge in [0.15, 0.2) is 5.69 Å². The van der Waals surface area contributed by atoms with Crippen LogP contribution in [0.2, 0.25) is 0 Å². The van der Waals surface area contributed by atoms with E-state index in [4.69, 9.17) is 0 Å². The number of benzene rings is 1. The number of hydrogen-bond donors (Lipinski definition) is 1. The Morgan fingerprint density at radius 3 is 2.75 bits per heavy atom. The minimum Gasteiger partial charge on any atom is -0.506 e. The molecule has 98 valence electrons. The van der Waals surface area contributed by atoms with Crippen LogP contribution in [0.15, 0.2) is 49.1 Å². The summed E-state index contributed by atoms with van der Waals surface area (Å²) in [6, 6.07) is 8.15. The van der Waals surface area contributed by atoms with Crippen LogP contribution in [-0.2, 0) is 0 Å². The summed E-state index contributed by atoms with van der Waals surface area (Å²) < 4.78 is 1.34. The van der Waals surface area contributed by atoms with Gasteiger partial charge in [-0.05, 0) is 18.2 Å². The van der Waals surface area contributed by atoms with Crippen LogP contribution in [0.1, 0.15) is 16.2 Å². The van der Waals surface area contributed by atoms with Gasteiger partial charge >= 0.3 is 0 Å². The van der Waals surface area contributed by atoms with Crippen molar-refractivity contribution >= 4 is 5.78 Å². The highest BCUT2D eigenvalue weighted by Crippen LogP contribution is 2.19. The van der Waals surface area contributed by atoms with E-state index in [-0.39, 0.29) is 22.9 Å². The van der Waals surface area contributed by atoms with Gasteiger partial charge in [-0.2, -0.15) is 0 Å². The molecule has 0 amide bonds. The SMILES string of the molecule is O=C(c1ccncn1)c1cn(-c2ccccc2O)nn1. The van der Waals surface area contributed by atoms with Crippen LogP contribution < -0.4 is 0 Å². The van der Waals surface area contributed by atoms with Crippen molar-refractivity contribution in [2.75, 3.05) is 0 Å². The van der Waals surface area contributed by atoms with Crippen LogP contribution in [0.25, 0.3) is 5.69 Å². The first-order valence-electron chi connectivity index (χ1n) is 5.77. The van der Waals surface area contributed by atoms with Gasteiger partial charge in [0.25, 0.3) is 0 Å². The number of aromatic hydroxyl groups is 1. The predicted octanol–water partition coefficient (Wildman–Crippen LogP) is 0.994. The van der Waals surface area contributed by atoms with Gasteiger partial charge in [-0.1, -0.05) is 17.3 Å². The van der Waals surface area contributed by atoms with E-state index in [0.29, 0.717) is 5.69 Å². The number of hydrogen-bond acceptors (Lipinski definition) is 6. The Morgan fingerprint density at radius 2 is 2.00 bits per heavy atom. The van der Waals surface area contributed by atoms with Crippen molar-refractivity contribution < 1.29 is 9.90 Å². The Bertz CT molecular complexity index is 754. The van der Waals surface area contributed by atoms with Crippen molar-refractivity contribution in [2.45, 2.75) is 0 Å². The molecule has 0 bridgehead atoms. The molecule has 7 nitrogen and oxygen atoms in total. The van der Waals surface area contributed by atoms with Gasteiger partial charge in [-0.3, -0.25) is 4.79 Å². The lowest BCUT2D eigenvalue weighted by Crippen LogP contribution is -2.04. The van der Waals surface area contributed by atoms with E-state index in [9.17, 15) is 9.90 Å². The maximum atomic E-state index is 12.1. The van der Waals surface area contributed by atoms with Crippen LogP contribution in [0.5, 0.6) is 5.75 Å². The monoisotopic (exact) mass is 267 g/mol. The molecule has 0 fully saturated rings. The van der Waals surface area contributed by atoms with E-state index >= 15 is 0 Å². The zero-order valence-electron chi connectivity index (χ0n) is 10.2. The minimum atomic E-state index is -0.353. The largest absolute Gasteiger partial charge is 0.506 e. The third kappa shape index (κ3) is 2.12. The normalized spacial score (nSPS) is 10.4. The number of phenols is 1. The highest BCUT2D eigenvalue weighted by atomic mass is 16.3. The molecule has 7 heteroatoms. The second kappa shape index (κ2) is 4.88.